The van der Waals surface area contributed by atoms with Crippen molar-refractivity contribution in [1.82, 2.24) is 10.6 Å². The number of aliphatic hydroxyl groups is 1. The SMILES string of the molecule is CCCCC/C=C\CC(=O)C/C=C/C=C/[C@H](SC[C@@H](NC(=O)CC[C@@H](N)C(=O)O)C(=O)NCC(=O)O)[C@H](O)CCCC(=O)O. The Kier molecular flexibility index (Phi) is 22.9. The molecule has 0 bridgehead atoms. The maximum absolute atomic E-state index is 12.6. The minimum absolute atomic E-state index is 0.0382. The molecule has 0 heterocycles. The highest BCUT2D eigenvalue weighted by Crippen LogP contribution is 2.22. The number of unbranched alkanes of at least 4 members (excludes halogenated alkanes) is 3. The number of carbonyl (C=O) groups is 6. The van der Waals surface area contributed by atoms with Gasteiger partial charge in [0.25, 0.3) is 0 Å². The Balaban J connectivity index is 5.40. The third kappa shape index (κ3) is 22.1. The molecule has 0 aliphatic heterocycles. The molecule has 0 aliphatic rings. The molecular formula is C30H47N3O10S. The Labute approximate surface area is 262 Å². The molecule has 0 radical (unpaired) electrons. The number of amides is 2. The summed E-state index contributed by atoms with van der Waals surface area (Å²) < 4.78 is 0. The summed E-state index contributed by atoms with van der Waals surface area (Å²) in [4.78, 5) is 69.9. The van der Waals surface area contributed by atoms with Crippen molar-refractivity contribution in [1.29, 1.82) is 0 Å². The first-order valence-electron chi connectivity index (χ1n) is 14.7. The van der Waals surface area contributed by atoms with Gasteiger partial charge in [0.15, 0.2) is 0 Å². The van der Waals surface area contributed by atoms with Crippen LogP contribution in [0.15, 0.2) is 36.5 Å². The number of allylic oxidation sites excluding steroid dienone is 5. The molecule has 0 aromatic carbocycles. The van der Waals surface area contributed by atoms with Gasteiger partial charge in [-0.15, -0.1) is 11.8 Å². The number of nitrogens with two attached hydrogens (primary N) is 1. The molecule has 0 aromatic rings. The van der Waals surface area contributed by atoms with E-state index in [1.165, 1.54) is 0 Å². The number of Topliss-reactive ketones (excluding diaryl/α,β-unsaturated/α-hetero) is 1. The summed E-state index contributed by atoms with van der Waals surface area (Å²) in [5.74, 6) is -5.13. The first-order valence-corrected chi connectivity index (χ1v) is 15.7. The highest BCUT2D eigenvalue weighted by Gasteiger charge is 2.25. The van der Waals surface area contributed by atoms with Crippen LogP contribution in [0.5, 0.6) is 0 Å². The maximum Gasteiger partial charge on any atom is 0.322 e. The van der Waals surface area contributed by atoms with Gasteiger partial charge >= 0.3 is 17.9 Å². The molecule has 0 fully saturated rings. The van der Waals surface area contributed by atoms with Crippen LogP contribution in [0, 0.1) is 0 Å². The fourth-order valence-electron chi connectivity index (χ4n) is 3.65. The average molecular weight is 642 g/mol. The molecule has 0 unspecified atom stereocenters. The van der Waals surface area contributed by atoms with Gasteiger partial charge in [-0.1, -0.05) is 56.2 Å². The lowest BCUT2D eigenvalue weighted by molar-refractivity contribution is -0.139. The van der Waals surface area contributed by atoms with E-state index in [0.717, 1.165) is 37.4 Å². The molecule has 14 heteroatoms. The number of ketones is 1. The van der Waals surface area contributed by atoms with Crippen LogP contribution in [0.1, 0.15) is 77.6 Å². The number of hydrogen-bond acceptors (Lipinski definition) is 9. The highest BCUT2D eigenvalue weighted by atomic mass is 32.2. The Morgan fingerprint density at radius 1 is 0.864 bits per heavy atom. The Hall–Kier alpha value is -3.49. The molecule has 248 valence electrons. The molecule has 0 saturated carbocycles. The molecule has 4 atom stereocenters. The lowest BCUT2D eigenvalue weighted by Crippen LogP contribution is -2.50. The second-order valence-corrected chi connectivity index (χ2v) is 11.3. The standard InChI is InChI=1S/C30H47N3O10S/c1-2-3-4-5-6-8-12-21(34)13-9-7-10-15-25(24(35)14-11-16-27(37)38)44-20-23(29(41)32-19-28(39)40)33-26(36)18-17-22(31)30(42)43/h6-10,15,22-25,35H,2-5,11-14,16-20,31H2,1H3,(H,32,41)(H,33,36)(H,37,38)(H,39,40)(H,42,43)/b8-6-,9-7+,15-10+/t22-,23-,24-,25+/m1/s1. The molecule has 8 N–H and O–H groups in total. The maximum atomic E-state index is 12.6. The molecule has 0 rings (SSSR count). The topological polar surface area (TPSA) is 233 Å². The van der Waals surface area contributed by atoms with Crippen LogP contribution in [-0.4, -0.2) is 91.7 Å². The fraction of sp³-hybridized carbons (Fsp3) is 0.600. The van der Waals surface area contributed by atoms with Gasteiger partial charge in [0.2, 0.25) is 11.8 Å². The van der Waals surface area contributed by atoms with Gasteiger partial charge in [0.05, 0.1) is 6.10 Å². The molecule has 0 aromatic heterocycles. The number of carboxylic acid groups (broad SMARTS) is 3. The van der Waals surface area contributed by atoms with Crippen LogP contribution >= 0.6 is 11.8 Å². The van der Waals surface area contributed by atoms with Gasteiger partial charge in [-0.25, -0.2) is 0 Å². The minimum atomic E-state index is -1.30. The first-order chi connectivity index (χ1) is 20.9. The Bertz CT molecular complexity index is 1020. The van der Waals surface area contributed by atoms with Crippen LogP contribution < -0.4 is 16.4 Å². The van der Waals surface area contributed by atoms with E-state index in [0.29, 0.717) is 6.42 Å². The van der Waals surface area contributed by atoms with Gasteiger partial charge < -0.3 is 36.8 Å². The smallest absolute Gasteiger partial charge is 0.322 e. The second kappa shape index (κ2) is 24.9. The summed E-state index contributed by atoms with van der Waals surface area (Å²) in [5.41, 5.74) is 5.43. The predicted octanol–water partition coefficient (Wildman–Crippen LogP) is 2.18. The van der Waals surface area contributed by atoms with Crippen molar-refractivity contribution in [3.05, 3.63) is 36.5 Å². The number of hydrogen-bond donors (Lipinski definition) is 7. The monoisotopic (exact) mass is 641 g/mol. The minimum Gasteiger partial charge on any atom is -0.481 e. The normalized spacial score (nSPS) is 14.3. The van der Waals surface area contributed by atoms with Crippen LogP contribution in [0.2, 0.25) is 0 Å². The second-order valence-electron chi connectivity index (χ2n) is 10.1. The van der Waals surface area contributed by atoms with Crippen molar-refractivity contribution in [3.63, 3.8) is 0 Å². The molecule has 2 amide bonds. The van der Waals surface area contributed by atoms with Crippen molar-refractivity contribution in [2.45, 2.75) is 101 Å². The summed E-state index contributed by atoms with van der Waals surface area (Å²) in [7, 11) is 0. The number of thioether (sulfide) groups is 1. The van der Waals surface area contributed by atoms with Gasteiger partial charge in [0, 0.05) is 36.7 Å². The number of aliphatic hydroxyl groups excluding tert-OH is 1. The van der Waals surface area contributed by atoms with Crippen LogP contribution in [-0.2, 0) is 28.8 Å². The fourth-order valence-corrected chi connectivity index (χ4v) is 4.86. The molecule has 13 nitrogen and oxygen atoms in total. The molecule has 44 heavy (non-hydrogen) atoms. The largest absolute Gasteiger partial charge is 0.481 e. The third-order valence-corrected chi connectivity index (χ3v) is 7.55. The lowest BCUT2D eigenvalue weighted by atomic mass is 10.1. The highest BCUT2D eigenvalue weighted by molar-refractivity contribution is 8.00. The summed E-state index contributed by atoms with van der Waals surface area (Å²) >= 11 is 1.08. The van der Waals surface area contributed by atoms with Gasteiger partial charge in [-0.05, 0) is 32.1 Å². The third-order valence-electron chi connectivity index (χ3n) is 6.17. The van der Waals surface area contributed by atoms with Crippen LogP contribution in [0.3, 0.4) is 0 Å². The van der Waals surface area contributed by atoms with E-state index >= 15 is 0 Å². The average Bonchev–Trinajstić information content (AvgIpc) is 2.96. The number of carbonyl (C=O) groups excluding carboxylic acids is 3. The summed E-state index contributed by atoms with van der Waals surface area (Å²) in [6, 6.07) is -2.50. The summed E-state index contributed by atoms with van der Waals surface area (Å²) in [6.07, 6.45) is 14.0. The van der Waals surface area contributed by atoms with E-state index < -0.39 is 59.7 Å². The Morgan fingerprint density at radius 2 is 1.57 bits per heavy atom. The van der Waals surface area contributed by atoms with E-state index in [2.05, 4.69) is 17.6 Å². The number of rotatable bonds is 26. The number of nitrogens with one attached hydrogen (secondary N) is 2. The van der Waals surface area contributed by atoms with Crippen LogP contribution in [0.4, 0.5) is 0 Å². The zero-order valence-corrected chi connectivity index (χ0v) is 26.0. The van der Waals surface area contributed by atoms with E-state index in [1.54, 1.807) is 24.3 Å². The van der Waals surface area contributed by atoms with E-state index in [-0.39, 0.29) is 50.1 Å². The van der Waals surface area contributed by atoms with E-state index in [9.17, 15) is 33.9 Å². The number of carboxylic acids is 3. The van der Waals surface area contributed by atoms with Gasteiger partial charge in [0.1, 0.15) is 24.4 Å². The van der Waals surface area contributed by atoms with Gasteiger partial charge in [-0.3, -0.25) is 28.8 Å². The Morgan fingerprint density at radius 3 is 2.20 bits per heavy atom. The molecule has 0 saturated heterocycles. The zero-order valence-electron chi connectivity index (χ0n) is 25.2. The lowest BCUT2D eigenvalue weighted by Gasteiger charge is -2.23. The van der Waals surface area contributed by atoms with Crippen molar-refractivity contribution in [2.75, 3.05) is 12.3 Å². The molecule has 0 aliphatic carbocycles. The van der Waals surface area contributed by atoms with Gasteiger partial charge in [-0.2, -0.15) is 0 Å². The summed E-state index contributed by atoms with van der Waals surface area (Å²) in [5, 5.41) is 41.5. The van der Waals surface area contributed by atoms with Crippen molar-refractivity contribution < 1.29 is 49.2 Å². The van der Waals surface area contributed by atoms with E-state index in [1.807, 2.05) is 12.2 Å². The molecular weight excluding hydrogens is 594 g/mol. The van der Waals surface area contributed by atoms with Crippen molar-refractivity contribution >= 4 is 47.3 Å². The number of aliphatic carboxylic acids is 3. The predicted molar refractivity (Wildman–Crippen MR) is 167 cm³/mol. The van der Waals surface area contributed by atoms with Crippen LogP contribution in [0.25, 0.3) is 0 Å². The van der Waals surface area contributed by atoms with Crippen molar-refractivity contribution in [3.8, 4) is 0 Å². The summed E-state index contributed by atoms with van der Waals surface area (Å²) in [6.45, 7) is 1.43. The first kappa shape index (κ1) is 40.5. The zero-order chi connectivity index (χ0) is 33.3. The van der Waals surface area contributed by atoms with Crippen molar-refractivity contribution in [2.24, 2.45) is 5.73 Å². The quantitative estimate of drug-likeness (QED) is 0.0409. The molecule has 0 spiro atoms. The van der Waals surface area contributed by atoms with E-state index in [4.69, 9.17) is 21.1 Å².